The van der Waals surface area contributed by atoms with Gasteiger partial charge in [0, 0.05) is 0 Å². The third-order valence-electron chi connectivity index (χ3n) is 6.92. The molecule has 31 heavy (non-hydrogen) atoms. The van der Waals surface area contributed by atoms with Crippen molar-refractivity contribution in [1.29, 1.82) is 0 Å². The normalized spacial score (nSPS) is 21.4. The lowest BCUT2D eigenvalue weighted by molar-refractivity contribution is 0.571. The van der Waals surface area contributed by atoms with Gasteiger partial charge < -0.3 is 0 Å². The van der Waals surface area contributed by atoms with Crippen LogP contribution in [0.3, 0.4) is 0 Å². The standard InChI is InChI=1S/C27H34N4/c1-2-5-9-13-21-20(12-8-4-1)28-24-16-18-26-27(19-17-25(24)29-21)31-23-15-11-7-3-6-10-14-22(23)30-26/h16-19H,1-15H2/b18-16-,19-17-,24-16?,25-17?,26-18?,27-19?. The van der Waals surface area contributed by atoms with E-state index >= 15 is 0 Å². The molecule has 0 spiro atoms. The summed E-state index contributed by atoms with van der Waals surface area (Å²) in [7, 11) is 0. The molecular formula is C27H34N4. The summed E-state index contributed by atoms with van der Waals surface area (Å²) in [5.41, 5.74) is 8.72. The van der Waals surface area contributed by atoms with E-state index in [9.17, 15) is 0 Å². The molecule has 0 saturated carbocycles. The van der Waals surface area contributed by atoms with Gasteiger partial charge in [-0.25, -0.2) is 19.9 Å². The molecule has 4 nitrogen and oxygen atoms in total. The number of aryl methyl sites for hydroxylation is 4. The first-order valence-corrected chi connectivity index (χ1v) is 12.5. The monoisotopic (exact) mass is 414 g/mol. The number of rotatable bonds is 0. The molecule has 0 atom stereocenters. The minimum absolute atomic E-state index is 0.974. The maximum Gasteiger partial charge on any atom is 0.0891 e. The fourth-order valence-electron chi connectivity index (χ4n) is 5.08. The van der Waals surface area contributed by atoms with Gasteiger partial charge in [-0.3, -0.25) is 0 Å². The lowest BCUT2D eigenvalue weighted by Gasteiger charge is -2.15. The van der Waals surface area contributed by atoms with Gasteiger partial charge >= 0.3 is 0 Å². The molecule has 2 heterocycles. The molecule has 0 aliphatic heterocycles. The Balaban J connectivity index is 1.49. The lowest BCUT2D eigenvalue weighted by Crippen LogP contribution is -2.09. The van der Waals surface area contributed by atoms with E-state index in [0.29, 0.717) is 0 Å². The summed E-state index contributed by atoms with van der Waals surface area (Å²) in [5, 5.41) is 0. The molecule has 0 aromatic carbocycles. The van der Waals surface area contributed by atoms with Gasteiger partial charge in [0.25, 0.3) is 0 Å². The highest BCUT2D eigenvalue weighted by atomic mass is 14.9. The Morgan fingerprint density at radius 2 is 0.548 bits per heavy atom. The van der Waals surface area contributed by atoms with Crippen LogP contribution in [-0.4, -0.2) is 19.9 Å². The van der Waals surface area contributed by atoms with Gasteiger partial charge in [0.15, 0.2) is 0 Å². The van der Waals surface area contributed by atoms with Crippen LogP contribution in [-0.2, 0) is 25.7 Å². The van der Waals surface area contributed by atoms with Gasteiger partial charge in [0.1, 0.15) is 0 Å². The zero-order valence-electron chi connectivity index (χ0n) is 18.7. The second kappa shape index (κ2) is 9.84. The first-order valence-electron chi connectivity index (χ1n) is 12.5. The lowest BCUT2D eigenvalue weighted by atomic mass is 10.00. The average molecular weight is 415 g/mol. The highest BCUT2D eigenvalue weighted by molar-refractivity contribution is 5.81. The fourth-order valence-corrected chi connectivity index (χ4v) is 5.08. The van der Waals surface area contributed by atoms with E-state index in [4.69, 9.17) is 19.9 Å². The van der Waals surface area contributed by atoms with E-state index in [-0.39, 0.29) is 0 Å². The maximum atomic E-state index is 5.08. The van der Waals surface area contributed by atoms with E-state index < -0.39 is 0 Å². The molecule has 0 bridgehead atoms. The van der Waals surface area contributed by atoms with Gasteiger partial charge in [0.05, 0.1) is 45.6 Å². The van der Waals surface area contributed by atoms with Crippen molar-refractivity contribution in [2.45, 2.75) is 96.3 Å². The maximum absolute atomic E-state index is 5.08. The molecule has 2 aromatic rings. The van der Waals surface area contributed by atoms with Crippen molar-refractivity contribution in [2.75, 3.05) is 0 Å². The Bertz CT molecular complexity index is 911. The molecular weight excluding hydrogens is 380 g/mol. The summed E-state index contributed by atoms with van der Waals surface area (Å²) < 4.78 is 0. The molecule has 3 aliphatic rings. The van der Waals surface area contributed by atoms with E-state index in [0.717, 1.165) is 48.5 Å². The van der Waals surface area contributed by atoms with Crippen LogP contribution in [0.2, 0.25) is 0 Å². The van der Waals surface area contributed by atoms with Crippen molar-refractivity contribution in [3.05, 3.63) is 45.6 Å². The van der Waals surface area contributed by atoms with Crippen molar-refractivity contribution in [3.63, 3.8) is 0 Å². The minimum atomic E-state index is 0.974. The highest BCUT2D eigenvalue weighted by Gasteiger charge is 2.16. The molecule has 0 radical (unpaired) electrons. The first-order chi connectivity index (χ1) is 15.4. The molecule has 5 rings (SSSR count). The molecule has 0 fully saturated rings. The molecule has 0 N–H and O–H groups in total. The van der Waals surface area contributed by atoms with Crippen LogP contribution in [0.15, 0.2) is 0 Å². The van der Waals surface area contributed by atoms with Gasteiger partial charge in [-0.05, 0) is 75.7 Å². The molecule has 0 unspecified atom stereocenters. The number of fused-ring (bicyclic) bond motifs is 4. The third kappa shape index (κ3) is 4.94. The molecule has 4 heteroatoms. The van der Waals surface area contributed by atoms with Gasteiger partial charge in [-0.2, -0.15) is 0 Å². The predicted molar refractivity (Wildman–Crippen MR) is 128 cm³/mol. The van der Waals surface area contributed by atoms with Gasteiger partial charge in [-0.1, -0.05) is 44.9 Å². The Hall–Kier alpha value is -2.36. The second-order valence-electron chi connectivity index (χ2n) is 9.33. The molecule has 162 valence electrons. The van der Waals surface area contributed by atoms with E-state index in [1.165, 1.54) is 93.4 Å². The zero-order valence-corrected chi connectivity index (χ0v) is 18.7. The molecule has 0 saturated heterocycles. The summed E-state index contributed by atoms with van der Waals surface area (Å²) in [4.78, 5) is 20.3. The highest BCUT2D eigenvalue weighted by Crippen LogP contribution is 2.25. The van der Waals surface area contributed by atoms with Crippen LogP contribution < -0.4 is 0 Å². The Kier molecular flexibility index (Phi) is 6.52. The summed E-state index contributed by atoms with van der Waals surface area (Å²) in [6.45, 7) is 0. The van der Waals surface area contributed by atoms with Crippen molar-refractivity contribution >= 4 is 24.3 Å². The Morgan fingerprint density at radius 1 is 0.323 bits per heavy atom. The van der Waals surface area contributed by atoms with Crippen molar-refractivity contribution < 1.29 is 0 Å². The van der Waals surface area contributed by atoms with E-state index in [2.05, 4.69) is 24.3 Å². The second-order valence-corrected chi connectivity index (χ2v) is 9.33. The topological polar surface area (TPSA) is 51.6 Å². The zero-order chi connectivity index (χ0) is 20.9. The van der Waals surface area contributed by atoms with Crippen molar-refractivity contribution in [2.24, 2.45) is 0 Å². The first kappa shape index (κ1) is 20.5. The number of aromatic nitrogens is 4. The number of hydrogen-bond donors (Lipinski definition) is 0. The molecule has 3 aliphatic carbocycles. The van der Waals surface area contributed by atoms with Crippen LogP contribution in [0.25, 0.3) is 24.3 Å². The van der Waals surface area contributed by atoms with Crippen molar-refractivity contribution in [1.82, 2.24) is 19.9 Å². The number of hydrogen-bond acceptors (Lipinski definition) is 4. The predicted octanol–water partition coefficient (Wildman–Crippen LogP) is 6.41. The quantitative estimate of drug-likeness (QED) is 0.426. The summed E-state index contributed by atoms with van der Waals surface area (Å²) >= 11 is 0. The largest absolute Gasteiger partial charge is 0.249 e. The molecule has 2 aromatic heterocycles. The van der Waals surface area contributed by atoms with Crippen LogP contribution in [0.1, 0.15) is 116 Å². The SMILES string of the molecule is C1=C\c2nc3c(nc2/C=C\c2nc4c(nc2/1)CCCCCCCC4)CCCCCCC3. The summed E-state index contributed by atoms with van der Waals surface area (Å²) in [5.74, 6) is 0. The molecule has 0 amide bonds. The third-order valence-corrected chi connectivity index (χ3v) is 6.92. The van der Waals surface area contributed by atoms with Crippen LogP contribution in [0.4, 0.5) is 0 Å². The van der Waals surface area contributed by atoms with Gasteiger partial charge in [0.2, 0.25) is 0 Å². The average Bonchev–Trinajstić information content (AvgIpc) is 2.89. The van der Waals surface area contributed by atoms with Gasteiger partial charge in [-0.15, -0.1) is 0 Å². The smallest absolute Gasteiger partial charge is 0.0891 e. The van der Waals surface area contributed by atoms with Crippen molar-refractivity contribution in [3.8, 4) is 0 Å². The van der Waals surface area contributed by atoms with Crippen LogP contribution in [0.5, 0.6) is 0 Å². The van der Waals surface area contributed by atoms with Crippen LogP contribution >= 0.6 is 0 Å². The number of nitrogens with zero attached hydrogens (tertiary/aromatic N) is 4. The van der Waals surface area contributed by atoms with Crippen LogP contribution in [0, 0.1) is 0 Å². The fraction of sp³-hybridized carbons (Fsp3) is 0.556. The minimum Gasteiger partial charge on any atom is -0.249 e. The van der Waals surface area contributed by atoms with E-state index in [1.54, 1.807) is 0 Å². The summed E-state index contributed by atoms with van der Waals surface area (Å²) in [6, 6.07) is 0. The Morgan fingerprint density at radius 3 is 0.806 bits per heavy atom. The summed E-state index contributed by atoms with van der Waals surface area (Å²) in [6.07, 6.45) is 26.8. The Labute approximate surface area is 186 Å². The van der Waals surface area contributed by atoms with E-state index in [1.807, 2.05) is 0 Å².